The van der Waals surface area contributed by atoms with Crippen LogP contribution in [0.1, 0.15) is 52.9 Å². The second-order valence-corrected chi connectivity index (χ2v) is 8.81. The van der Waals surface area contributed by atoms with Crippen LogP contribution in [0.5, 0.6) is 0 Å². The standard InChI is InChI=1S/C21H28O3/c1-13(22)24-15-8-10-20(2)14(12-15)4-5-16-17-6-7-19(23)21(17,3)11-9-18(16)20/h4-5,8,10,14-18H,6-7,9,11-12H2,1-3H3/t14?,15?,16?,17?,18?,20-,21-/m0/s1. The number of allylic oxidation sites excluding steroid dienone is 3. The van der Waals surface area contributed by atoms with Gasteiger partial charge in [0.15, 0.2) is 0 Å². The number of carbonyl (C=O) groups is 2. The number of ketones is 1. The van der Waals surface area contributed by atoms with E-state index in [1.54, 1.807) is 0 Å². The molecule has 0 amide bonds. The maximum absolute atomic E-state index is 12.4. The van der Waals surface area contributed by atoms with Crippen molar-refractivity contribution in [3.8, 4) is 0 Å². The van der Waals surface area contributed by atoms with Gasteiger partial charge in [-0.3, -0.25) is 9.59 Å². The summed E-state index contributed by atoms with van der Waals surface area (Å²) < 4.78 is 5.42. The molecule has 0 aliphatic heterocycles. The van der Waals surface area contributed by atoms with E-state index < -0.39 is 0 Å². The molecule has 0 saturated heterocycles. The summed E-state index contributed by atoms with van der Waals surface area (Å²) in [7, 11) is 0. The molecule has 4 aliphatic rings. The SMILES string of the molecule is CC(=O)OC1C=C[C@@]2(C)C(C=CC3C2CC[C@]2(C)C(=O)CCC32)C1. The van der Waals surface area contributed by atoms with Crippen molar-refractivity contribution < 1.29 is 14.3 Å². The van der Waals surface area contributed by atoms with Gasteiger partial charge >= 0.3 is 5.97 Å². The summed E-state index contributed by atoms with van der Waals surface area (Å²) >= 11 is 0. The Labute approximate surface area is 144 Å². The van der Waals surface area contributed by atoms with Gasteiger partial charge in [0.2, 0.25) is 0 Å². The van der Waals surface area contributed by atoms with Crippen LogP contribution in [0.15, 0.2) is 24.3 Å². The van der Waals surface area contributed by atoms with Crippen LogP contribution < -0.4 is 0 Å². The molecule has 7 atom stereocenters. The average molecular weight is 328 g/mol. The molecule has 4 aliphatic carbocycles. The quantitative estimate of drug-likeness (QED) is 0.538. The minimum absolute atomic E-state index is 0.0899. The number of hydrogen-bond donors (Lipinski definition) is 0. The smallest absolute Gasteiger partial charge is 0.303 e. The van der Waals surface area contributed by atoms with Gasteiger partial charge < -0.3 is 4.74 Å². The zero-order chi connectivity index (χ0) is 17.1. The number of rotatable bonds is 1. The zero-order valence-corrected chi connectivity index (χ0v) is 15.0. The van der Waals surface area contributed by atoms with Crippen molar-refractivity contribution in [2.45, 2.75) is 59.0 Å². The second-order valence-electron chi connectivity index (χ2n) is 8.81. The molecule has 3 nitrogen and oxygen atoms in total. The molecule has 0 heterocycles. The minimum atomic E-state index is -0.205. The summed E-state index contributed by atoms with van der Waals surface area (Å²) in [5.41, 5.74) is 0.0381. The van der Waals surface area contributed by atoms with Crippen molar-refractivity contribution in [2.24, 2.45) is 34.5 Å². The molecular formula is C21H28O3. The van der Waals surface area contributed by atoms with Crippen LogP contribution >= 0.6 is 0 Å². The molecule has 0 aromatic rings. The van der Waals surface area contributed by atoms with Gasteiger partial charge in [-0.15, -0.1) is 0 Å². The molecule has 3 heteroatoms. The topological polar surface area (TPSA) is 43.4 Å². The molecule has 2 saturated carbocycles. The first-order valence-corrected chi connectivity index (χ1v) is 9.43. The fourth-order valence-corrected chi connectivity index (χ4v) is 6.23. The van der Waals surface area contributed by atoms with Crippen LogP contribution in [-0.4, -0.2) is 17.9 Å². The van der Waals surface area contributed by atoms with Gasteiger partial charge in [-0.1, -0.05) is 32.1 Å². The van der Waals surface area contributed by atoms with E-state index in [1.807, 2.05) is 0 Å². The second kappa shape index (κ2) is 5.31. The first kappa shape index (κ1) is 16.1. The number of fused-ring (bicyclic) bond motifs is 5. The lowest BCUT2D eigenvalue weighted by Crippen LogP contribution is -2.51. The number of Topliss-reactive ketones (excluding diaryl/α,β-unsaturated/α-hetero) is 1. The first-order valence-electron chi connectivity index (χ1n) is 9.43. The van der Waals surface area contributed by atoms with Crippen LogP contribution in [0.4, 0.5) is 0 Å². The van der Waals surface area contributed by atoms with E-state index in [0.717, 1.165) is 32.1 Å². The Balaban J connectivity index is 1.63. The van der Waals surface area contributed by atoms with E-state index in [1.165, 1.54) is 6.92 Å². The Hall–Kier alpha value is -1.38. The third-order valence-electron chi connectivity index (χ3n) is 7.68. The summed E-state index contributed by atoms with van der Waals surface area (Å²) in [6.45, 7) is 6.06. The van der Waals surface area contributed by atoms with E-state index in [4.69, 9.17) is 4.74 Å². The lowest BCUT2D eigenvalue weighted by atomic mass is 9.48. The maximum atomic E-state index is 12.4. The fraction of sp³-hybridized carbons (Fsp3) is 0.714. The Kier molecular flexibility index (Phi) is 3.56. The third-order valence-corrected chi connectivity index (χ3v) is 7.68. The third kappa shape index (κ3) is 2.16. The molecule has 24 heavy (non-hydrogen) atoms. The van der Waals surface area contributed by atoms with Crippen LogP contribution in [0.3, 0.4) is 0 Å². The molecule has 5 unspecified atom stereocenters. The number of esters is 1. The average Bonchev–Trinajstić information content (AvgIpc) is 2.83. The molecule has 0 N–H and O–H groups in total. The summed E-state index contributed by atoms with van der Waals surface area (Å²) in [5, 5.41) is 0. The van der Waals surface area contributed by atoms with E-state index >= 15 is 0 Å². The summed E-state index contributed by atoms with van der Waals surface area (Å²) in [4.78, 5) is 23.7. The Morgan fingerprint density at radius 1 is 1.17 bits per heavy atom. The van der Waals surface area contributed by atoms with Gasteiger partial charge in [-0.25, -0.2) is 0 Å². The van der Waals surface area contributed by atoms with E-state index in [2.05, 4.69) is 38.2 Å². The largest absolute Gasteiger partial charge is 0.458 e. The van der Waals surface area contributed by atoms with E-state index in [0.29, 0.717) is 29.5 Å². The van der Waals surface area contributed by atoms with Crippen LogP contribution in [0, 0.1) is 34.5 Å². The van der Waals surface area contributed by atoms with Gasteiger partial charge in [0.1, 0.15) is 11.9 Å². The molecule has 2 fully saturated rings. The van der Waals surface area contributed by atoms with Crippen LogP contribution in [0.25, 0.3) is 0 Å². The highest BCUT2D eigenvalue weighted by Gasteiger charge is 2.58. The molecule has 4 rings (SSSR count). The molecule has 0 aromatic carbocycles. The predicted molar refractivity (Wildman–Crippen MR) is 92.1 cm³/mol. The Bertz CT molecular complexity index is 633. The van der Waals surface area contributed by atoms with E-state index in [9.17, 15) is 9.59 Å². The normalized spacial score (nSPS) is 49.3. The molecule has 0 spiro atoms. The van der Waals surface area contributed by atoms with Crippen molar-refractivity contribution in [1.29, 1.82) is 0 Å². The molecule has 130 valence electrons. The van der Waals surface area contributed by atoms with Gasteiger partial charge in [-0.05, 0) is 60.8 Å². The van der Waals surface area contributed by atoms with Crippen molar-refractivity contribution in [1.82, 2.24) is 0 Å². The highest BCUT2D eigenvalue weighted by atomic mass is 16.5. The fourth-order valence-electron chi connectivity index (χ4n) is 6.23. The van der Waals surface area contributed by atoms with Crippen LogP contribution in [0.2, 0.25) is 0 Å². The highest BCUT2D eigenvalue weighted by Crippen LogP contribution is 2.62. The molecule has 0 bridgehead atoms. The van der Waals surface area contributed by atoms with Crippen molar-refractivity contribution in [3.05, 3.63) is 24.3 Å². The maximum Gasteiger partial charge on any atom is 0.303 e. The first-order chi connectivity index (χ1) is 11.3. The number of ether oxygens (including phenoxy) is 1. The predicted octanol–water partition coefficient (Wildman–Crippen LogP) is 4.08. The lowest BCUT2D eigenvalue weighted by molar-refractivity contribution is -0.145. The van der Waals surface area contributed by atoms with Gasteiger partial charge in [0, 0.05) is 18.8 Å². The zero-order valence-electron chi connectivity index (χ0n) is 15.0. The van der Waals surface area contributed by atoms with Gasteiger partial charge in [-0.2, -0.15) is 0 Å². The van der Waals surface area contributed by atoms with Crippen molar-refractivity contribution in [3.63, 3.8) is 0 Å². The minimum Gasteiger partial charge on any atom is -0.458 e. The lowest BCUT2D eigenvalue weighted by Gasteiger charge is -2.55. The Morgan fingerprint density at radius 3 is 2.71 bits per heavy atom. The van der Waals surface area contributed by atoms with Gasteiger partial charge in [0.25, 0.3) is 0 Å². The van der Waals surface area contributed by atoms with Crippen LogP contribution in [-0.2, 0) is 14.3 Å². The summed E-state index contributed by atoms with van der Waals surface area (Å²) in [6, 6.07) is 0. The van der Waals surface area contributed by atoms with Gasteiger partial charge in [0.05, 0.1) is 0 Å². The summed E-state index contributed by atoms with van der Waals surface area (Å²) in [6.07, 6.45) is 14.0. The number of hydrogen-bond acceptors (Lipinski definition) is 3. The molecule has 0 aromatic heterocycles. The van der Waals surface area contributed by atoms with Crippen molar-refractivity contribution in [2.75, 3.05) is 0 Å². The highest BCUT2D eigenvalue weighted by molar-refractivity contribution is 5.87. The van der Waals surface area contributed by atoms with E-state index in [-0.39, 0.29) is 22.9 Å². The van der Waals surface area contributed by atoms with Crippen molar-refractivity contribution >= 4 is 11.8 Å². The Morgan fingerprint density at radius 2 is 1.96 bits per heavy atom. The molecule has 0 radical (unpaired) electrons. The monoisotopic (exact) mass is 328 g/mol. The number of carbonyl (C=O) groups excluding carboxylic acids is 2. The molecular weight excluding hydrogens is 300 g/mol. The summed E-state index contributed by atoms with van der Waals surface area (Å²) in [5.74, 6) is 2.34.